The predicted octanol–water partition coefficient (Wildman–Crippen LogP) is 2.89. The molecule has 1 aliphatic carbocycles. The number of nitrogens with zero attached hydrogens (tertiary/aromatic N) is 2. The van der Waals surface area contributed by atoms with Crippen LogP contribution in [0.5, 0.6) is 0 Å². The van der Waals surface area contributed by atoms with Gasteiger partial charge in [0, 0.05) is 12.0 Å². The molecule has 3 rings (SSSR count). The number of hydrogen-bond acceptors (Lipinski definition) is 4. The van der Waals surface area contributed by atoms with E-state index in [0.717, 1.165) is 19.3 Å². The van der Waals surface area contributed by atoms with Crippen LogP contribution in [0, 0.1) is 5.82 Å². The minimum absolute atomic E-state index is 0. The highest BCUT2D eigenvalue weighted by Crippen LogP contribution is 2.33. The summed E-state index contributed by atoms with van der Waals surface area (Å²) >= 11 is 0. The first-order valence-electron chi connectivity index (χ1n) is 6.08. The van der Waals surface area contributed by atoms with Crippen molar-refractivity contribution < 1.29 is 8.91 Å². The van der Waals surface area contributed by atoms with Gasteiger partial charge in [0.05, 0.1) is 5.56 Å². The van der Waals surface area contributed by atoms with Gasteiger partial charge in [0.1, 0.15) is 5.82 Å². The third kappa shape index (κ3) is 2.77. The zero-order valence-corrected chi connectivity index (χ0v) is 11.1. The van der Waals surface area contributed by atoms with Crippen molar-refractivity contribution in [2.45, 2.75) is 31.2 Å². The van der Waals surface area contributed by atoms with Crippen LogP contribution in [0.3, 0.4) is 0 Å². The minimum Gasteiger partial charge on any atom is -0.339 e. The van der Waals surface area contributed by atoms with Gasteiger partial charge in [-0.3, -0.25) is 0 Å². The van der Waals surface area contributed by atoms with Crippen molar-refractivity contribution >= 4 is 12.4 Å². The standard InChI is InChI=1S/C13H14FN3O.ClH/c14-11-4-2-1-3-10(11)12-16-13(18-17-12)8-5-6-9(15)7-8;/h1-4,8-9H,5-7,15H2;1H. The Morgan fingerprint density at radius 3 is 2.74 bits per heavy atom. The highest BCUT2D eigenvalue weighted by Gasteiger charge is 2.28. The highest BCUT2D eigenvalue weighted by atomic mass is 35.5. The normalized spacial score (nSPS) is 22.2. The van der Waals surface area contributed by atoms with Crippen LogP contribution in [-0.2, 0) is 0 Å². The molecule has 0 bridgehead atoms. The molecule has 1 fully saturated rings. The number of hydrogen-bond donors (Lipinski definition) is 1. The van der Waals surface area contributed by atoms with Crippen LogP contribution in [0.1, 0.15) is 31.1 Å². The smallest absolute Gasteiger partial charge is 0.230 e. The quantitative estimate of drug-likeness (QED) is 0.920. The second-order valence-corrected chi connectivity index (χ2v) is 4.71. The molecule has 2 aromatic rings. The lowest BCUT2D eigenvalue weighted by Crippen LogP contribution is -2.14. The highest BCUT2D eigenvalue weighted by molar-refractivity contribution is 5.85. The van der Waals surface area contributed by atoms with Crippen LogP contribution in [-0.4, -0.2) is 16.2 Å². The summed E-state index contributed by atoms with van der Waals surface area (Å²) < 4.78 is 18.8. The van der Waals surface area contributed by atoms with Crippen LogP contribution in [0.2, 0.25) is 0 Å². The predicted molar refractivity (Wildman–Crippen MR) is 71.5 cm³/mol. The van der Waals surface area contributed by atoms with Crippen molar-refractivity contribution in [1.29, 1.82) is 0 Å². The summed E-state index contributed by atoms with van der Waals surface area (Å²) in [5.41, 5.74) is 6.22. The molecule has 102 valence electrons. The Labute approximate surface area is 116 Å². The molecule has 1 aromatic heterocycles. The topological polar surface area (TPSA) is 64.9 Å². The first-order chi connectivity index (χ1) is 8.74. The van der Waals surface area contributed by atoms with Crippen LogP contribution < -0.4 is 5.73 Å². The van der Waals surface area contributed by atoms with Crippen molar-refractivity contribution in [3.05, 3.63) is 36.0 Å². The number of halogens is 2. The Bertz CT molecular complexity index is 560. The number of rotatable bonds is 2. The maximum atomic E-state index is 13.6. The fraction of sp³-hybridized carbons (Fsp3) is 0.385. The Kier molecular flexibility index (Phi) is 4.17. The molecular formula is C13H15ClFN3O. The molecular weight excluding hydrogens is 269 g/mol. The summed E-state index contributed by atoms with van der Waals surface area (Å²) in [6, 6.07) is 6.62. The third-order valence-electron chi connectivity index (χ3n) is 3.38. The number of benzene rings is 1. The van der Waals surface area contributed by atoms with Gasteiger partial charge in [0.25, 0.3) is 0 Å². The third-order valence-corrected chi connectivity index (χ3v) is 3.38. The molecule has 0 amide bonds. The van der Waals surface area contributed by atoms with Crippen molar-refractivity contribution in [2.75, 3.05) is 0 Å². The maximum absolute atomic E-state index is 13.6. The van der Waals surface area contributed by atoms with E-state index in [2.05, 4.69) is 10.1 Å². The second-order valence-electron chi connectivity index (χ2n) is 4.71. The zero-order chi connectivity index (χ0) is 12.5. The molecule has 0 aliphatic heterocycles. The Balaban J connectivity index is 0.00000133. The van der Waals surface area contributed by atoms with Gasteiger partial charge in [0.15, 0.2) is 0 Å². The molecule has 2 atom stereocenters. The summed E-state index contributed by atoms with van der Waals surface area (Å²) in [6.07, 6.45) is 2.79. The van der Waals surface area contributed by atoms with Crippen LogP contribution in [0.4, 0.5) is 4.39 Å². The minimum atomic E-state index is -0.340. The van der Waals surface area contributed by atoms with Gasteiger partial charge in [0.2, 0.25) is 11.7 Å². The monoisotopic (exact) mass is 283 g/mol. The zero-order valence-electron chi connectivity index (χ0n) is 10.3. The molecule has 6 heteroatoms. The molecule has 1 aromatic carbocycles. The van der Waals surface area contributed by atoms with E-state index in [1.54, 1.807) is 18.2 Å². The van der Waals surface area contributed by atoms with Gasteiger partial charge in [-0.05, 0) is 31.4 Å². The molecule has 2 unspecified atom stereocenters. The molecule has 0 radical (unpaired) electrons. The van der Waals surface area contributed by atoms with E-state index < -0.39 is 0 Å². The largest absolute Gasteiger partial charge is 0.339 e. The summed E-state index contributed by atoms with van der Waals surface area (Å²) in [5.74, 6) is 0.755. The average Bonchev–Trinajstić information content (AvgIpc) is 2.98. The van der Waals surface area contributed by atoms with Gasteiger partial charge < -0.3 is 10.3 Å². The SMILES string of the molecule is Cl.NC1CCC(c2nc(-c3ccccc3F)no2)C1. The van der Waals surface area contributed by atoms with Crippen molar-refractivity contribution in [3.63, 3.8) is 0 Å². The first-order valence-corrected chi connectivity index (χ1v) is 6.08. The van der Waals surface area contributed by atoms with Crippen LogP contribution >= 0.6 is 12.4 Å². The summed E-state index contributed by atoms with van der Waals surface area (Å²) in [7, 11) is 0. The van der Waals surface area contributed by atoms with E-state index in [1.807, 2.05) is 0 Å². The summed E-state index contributed by atoms with van der Waals surface area (Å²) in [4.78, 5) is 4.28. The summed E-state index contributed by atoms with van der Waals surface area (Å²) in [5, 5.41) is 3.85. The van der Waals surface area contributed by atoms with Crippen molar-refractivity contribution in [3.8, 4) is 11.4 Å². The average molecular weight is 284 g/mol. The molecule has 4 nitrogen and oxygen atoms in total. The van der Waals surface area contributed by atoms with E-state index in [4.69, 9.17) is 10.3 Å². The molecule has 0 spiro atoms. The van der Waals surface area contributed by atoms with E-state index in [0.29, 0.717) is 17.3 Å². The molecule has 1 aliphatic rings. The van der Waals surface area contributed by atoms with Gasteiger partial charge in [-0.15, -0.1) is 12.4 Å². The molecule has 19 heavy (non-hydrogen) atoms. The Morgan fingerprint density at radius 1 is 1.26 bits per heavy atom. The Hall–Kier alpha value is -1.46. The fourth-order valence-corrected chi connectivity index (χ4v) is 2.39. The molecule has 1 saturated carbocycles. The lowest BCUT2D eigenvalue weighted by Gasteiger charge is -2.01. The van der Waals surface area contributed by atoms with Gasteiger partial charge >= 0.3 is 0 Å². The van der Waals surface area contributed by atoms with Crippen molar-refractivity contribution in [1.82, 2.24) is 10.1 Å². The first kappa shape index (κ1) is 14.0. The Morgan fingerprint density at radius 2 is 2.05 bits per heavy atom. The number of nitrogens with two attached hydrogens (primary N) is 1. The van der Waals surface area contributed by atoms with Gasteiger partial charge in [-0.1, -0.05) is 17.3 Å². The van der Waals surface area contributed by atoms with Gasteiger partial charge in [-0.2, -0.15) is 4.98 Å². The second kappa shape index (κ2) is 5.67. The van der Waals surface area contributed by atoms with Crippen LogP contribution in [0.15, 0.2) is 28.8 Å². The number of aromatic nitrogens is 2. The maximum Gasteiger partial charge on any atom is 0.230 e. The lowest BCUT2D eigenvalue weighted by atomic mass is 10.1. The fourth-order valence-electron chi connectivity index (χ4n) is 2.39. The summed E-state index contributed by atoms with van der Waals surface area (Å²) in [6.45, 7) is 0. The molecule has 2 N–H and O–H groups in total. The van der Waals surface area contributed by atoms with Crippen LogP contribution in [0.25, 0.3) is 11.4 Å². The van der Waals surface area contributed by atoms with E-state index in [-0.39, 0.29) is 30.2 Å². The van der Waals surface area contributed by atoms with Crippen molar-refractivity contribution in [2.24, 2.45) is 5.73 Å². The van der Waals surface area contributed by atoms with E-state index in [1.165, 1.54) is 6.07 Å². The van der Waals surface area contributed by atoms with E-state index >= 15 is 0 Å². The molecule has 0 saturated heterocycles. The van der Waals surface area contributed by atoms with Gasteiger partial charge in [-0.25, -0.2) is 4.39 Å². The molecule has 1 heterocycles. The van der Waals surface area contributed by atoms with E-state index in [9.17, 15) is 4.39 Å². The lowest BCUT2D eigenvalue weighted by molar-refractivity contribution is 0.353.